The minimum Gasteiger partial charge on any atom is -0.497 e. The van der Waals surface area contributed by atoms with Gasteiger partial charge in [-0.15, -0.1) is 0 Å². The third-order valence-electron chi connectivity index (χ3n) is 5.02. The zero-order valence-electron chi connectivity index (χ0n) is 19.4. The minimum atomic E-state index is -0.438. The molecule has 0 aliphatic carbocycles. The Kier molecular flexibility index (Phi) is 8.28. The number of nitrogens with one attached hydrogen (secondary N) is 1. The summed E-state index contributed by atoms with van der Waals surface area (Å²) in [7, 11) is 3.20. The predicted molar refractivity (Wildman–Crippen MR) is 130 cm³/mol. The highest BCUT2D eigenvalue weighted by Crippen LogP contribution is 2.34. The summed E-state index contributed by atoms with van der Waals surface area (Å²) in [6.45, 7) is 2.09. The number of nitrogens with zero attached hydrogens (tertiary/aromatic N) is 2. The summed E-state index contributed by atoms with van der Waals surface area (Å²) in [5.41, 5.74) is 8.69. The fraction of sp³-hybridized carbons (Fsp3) is 0.240. The lowest BCUT2D eigenvalue weighted by Gasteiger charge is -2.16. The van der Waals surface area contributed by atoms with Gasteiger partial charge in [-0.25, -0.2) is 4.79 Å². The summed E-state index contributed by atoms with van der Waals surface area (Å²) in [5.74, 6) is 1.29. The maximum atomic E-state index is 12.1. The van der Waals surface area contributed by atoms with Gasteiger partial charge in [0, 0.05) is 48.3 Å². The number of hydrogen-bond donors (Lipinski definition) is 2. The third kappa shape index (κ3) is 6.38. The molecule has 9 nitrogen and oxygen atoms in total. The molecule has 3 N–H and O–H groups in total. The van der Waals surface area contributed by atoms with Crippen molar-refractivity contribution in [3.05, 3.63) is 67.0 Å². The Balaban J connectivity index is 0.000000302. The Morgan fingerprint density at radius 2 is 2.00 bits per heavy atom. The van der Waals surface area contributed by atoms with Crippen LogP contribution in [0.5, 0.6) is 11.5 Å². The largest absolute Gasteiger partial charge is 0.497 e. The number of carbonyl (C=O) groups excluding carboxylic acids is 2. The smallest absolute Gasteiger partial charge is 0.414 e. The molecule has 0 spiro atoms. The summed E-state index contributed by atoms with van der Waals surface area (Å²) in [5, 5.41) is 2.66. The number of benzene rings is 2. The van der Waals surface area contributed by atoms with Crippen molar-refractivity contribution in [2.75, 3.05) is 37.9 Å². The summed E-state index contributed by atoms with van der Waals surface area (Å²) >= 11 is 0. The van der Waals surface area contributed by atoms with Crippen molar-refractivity contribution in [1.82, 2.24) is 10.3 Å². The van der Waals surface area contributed by atoms with Crippen LogP contribution in [0.3, 0.4) is 0 Å². The Morgan fingerprint density at radius 1 is 1.18 bits per heavy atom. The Morgan fingerprint density at radius 3 is 2.62 bits per heavy atom. The number of aromatic nitrogens is 1. The van der Waals surface area contributed by atoms with Gasteiger partial charge in [0.25, 0.3) is 0 Å². The number of methoxy groups -OCH3 is 2. The molecule has 1 unspecified atom stereocenters. The van der Waals surface area contributed by atoms with E-state index in [-0.39, 0.29) is 12.0 Å². The molecule has 2 heterocycles. The number of nitrogen functional groups attached to an aromatic ring is 1. The summed E-state index contributed by atoms with van der Waals surface area (Å²) < 4.78 is 15.7. The second-order valence-electron chi connectivity index (χ2n) is 7.46. The topological polar surface area (TPSA) is 116 Å². The van der Waals surface area contributed by atoms with Gasteiger partial charge in [-0.05, 0) is 30.3 Å². The molecule has 2 aromatic carbocycles. The first-order valence-electron chi connectivity index (χ1n) is 10.6. The van der Waals surface area contributed by atoms with E-state index >= 15 is 0 Å². The first kappa shape index (κ1) is 24.4. The van der Waals surface area contributed by atoms with Gasteiger partial charge < -0.3 is 25.3 Å². The Bertz CT molecular complexity index is 1120. The molecule has 1 atom stereocenters. The monoisotopic (exact) mass is 464 g/mol. The third-order valence-corrected chi connectivity index (χ3v) is 5.02. The van der Waals surface area contributed by atoms with Gasteiger partial charge in [-0.1, -0.05) is 12.1 Å². The van der Waals surface area contributed by atoms with Gasteiger partial charge in [0.15, 0.2) is 0 Å². The van der Waals surface area contributed by atoms with Gasteiger partial charge >= 0.3 is 6.09 Å². The van der Waals surface area contributed by atoms with Crippen molar-refractivity contribution in [3.63, 3.8) is 0 Å². The van der Waals surface area contributed by atoms with Gasteiger partial charge in [-0.2, -0.15) is 0 Å². The van der Waals surface area contributed by atoms with Crippen LogP contribution in [-0.4, -0.2) is 50.4 Å². The second-order valence-corrected chi connectivity index (χ2v) is 7.46. The van der Waals surface area contributed by atoms with Crippen molar-refractivity contribution in [2.24, 2.45) is 0 Å². The first-order chi connectivity index (χ1) is 16.4. The molecule has 2 amide bonds. The number of carbonyl (C=O) groups is 2. The molecule has 0 radical (unpaired) electrons. The predicted octanol–water partition coefficient (Wildman–Crippen LogP) is 3.50. The van der Waals surface area contributed by atoms with Crippen LogP contribution in [0.2, 0.25) is 0 Å². The molecule has 0 bridgehead atoms. The Labute approximate surface area is 198 Å². The molecule has 1 fully saturated rings. The molecule has 9 heteroatoms. The number of amides is 2. The van der Waals surface area contributed by atoms with Crippen LogP contribution in [-0.2, 0) is 9.53 Å². The van der Waals surface area contributed by atoms with E-state index in [1.54, 1.807) is 38.7 Å². The zero-order valence-corrected chi connectivity index (χ0v) is 19.4. The van der Waals surface area contributed by atoms with Crippen molar-refractivity contribution in [1.29, 1.82) is 0 Å². The average molecular weight is 465 g/mol. The maximum absolute atomic E-state index is 12.1. The molecular weight excluding hydrogens is 436 g/mol. The summed E-state index contributed by atoms with van der Waals surface area (Å²) in [6, 6.07) is 16.6. The molecule has 3 aromatic rings. The molecular formula is C25H28N4O5. The van der Waals surface area contributed by atoms with E-state index in [1.807, 2.05) is 42.5 Å². The zero-order chi connectivity index (χ0) is 24.5. The van der Waals surface area contributed by atoms with E-state index in [1.165, 1.54) is 11.8 Å². The number of rotatable bonds is 6. The Hall–Kier alpha value is -4.27. The SMILES string of the molecule is COc1cc(N2CC(CNC(C)=O)OC2=O)ccc1-c1cccnc1.COc1cccc(N)c1. The lowest BCUT2D eigenvalue weighted by Crippen LogP contribution is -2.33. The molecule has 1 aromatic heterocycles. The van der Waals surface area contributed by atoms with Gasteiger partial charge in [0.2, 0.25) is 5.91 Å². The van der Waals surface area contributed by atoms with Crippen LogP contribution < -0.4 is 25.4 Å². The molecule has 1 aliphatic heterocycles. The molecule has 1 saturated heterocycles. The highest BCUT2D eigenvalue weighted by Gasteiger charge is 2.32. The van der Waals surface area contributed by atoms with Crippen LogP contribution in [0.1, 0.15) is 6.92 Å². The quantitative estimate of drug-likeness (QED) is 0.537. The minimum absolute atomic E-state index is 0.156. The normalized spacial score (nSPS) is 14.5. The second kappa shape index (κ2) is 11.6. The van der Waals surface area contributed by atoms with E-state index in [0.717, 1.165) is 22.6 Å². The van der Waals surface area contributed by atoms with Crippen molar-refractivity contribution < 1.29 is 23.8 Å². The van der Waals surface area contributed by atoms with Crippen LogP contribution in [0, 0.1) is 0 Å². The summed E-state index contributed by atoms with van der Waals surface area (Å²) in [4.78, 5) is 28.8. The van der Waals surface area contributed by atoms with E-state index in [0.29, 0.717) is 24.5 Å². The summed E-state index contributed by atoms with van der Waals surface area (Å²) in [6.07, 6.45) is 2.65. The van der Waals surface area contributed by atoms with Crippen molar-refractivity contribution in [3.8, 4) is 22.6 Å². The van der Waals surface area contributed by atoms with Crippen LogP contribution in [0.25, 0.3) is 11.1 Å². The molecule has 178 valence electrons. The highest BCUT2D eigenvalue weighted by atomic mass is 16.6. The van der Waals surface area contributed by atoms with E-state index < -0.39 is 6.09 Å². The standard InChI is InChI=1S/C18H19N3O4.C7H9NO/c1-12(22)20-10-15-11-21(18(23)25-15)14-5-6-16(17(8-14)24-2)13-4-3-7-19-9-13;1-9-7-4-2-3-6(8)5-7/h3-9,15H,10-11H2,1-2H3,(H,20,22);2-5H,8H2,1H3. The van der Waals surface area contributed by atoms with Crippen molar-refractivity contribution in [2.45, 2.75) is 13.0 Å². The van der Waals surface area contributed by atoms with Gasteiger partial charge in [-0.3, -0.25) is 14.7 Å². The molecule has 0 saturated carbocycles. The average Bonchev–Trinajstić information content (AvgIpc) is 3.23. The highest BCUT2D eigenvalue weighted by molar-refractivity contribution is 5.91. The van der Waals surface area contributed by atoms with E-state index in [9.17, 15) is 9.59 Å². The molecule has 1 aliphatic rings. The number of cyclic esters (lactones) is 1. The van der Waals surface area contributed by atoms with Gasteiger partial charge in [0.05, 0.1) is 33.0 Å². The fourth-order valence-corrected chi connectivity index (χ4v) is 3.35. The van der Waals surface area contributed by atoms with Crippen LogP contribution in [0.4, 0.5) is 16.2 Å². The number of pyridine rings is 1. The van der Waals surface area contributed by atoms with Crippen LogP contribution in [0.15, 0.2) is 67.0 Å². The molecule has 34 heavy (non-hydrogen) atoms. The number of nitrogens with two attached hydrogens (primary N) is 1. The lowest BCUT2D eigenvalue weighted by molar-refractivity contribution is -0.119. The van der Waals surface area contributed by atoms with Crippen molar-refractivity contribution >= 4 is 23.4 Å². The van der Waals surface area contributed by atoms with E-state index in [2.05, 4.69) is 10.3 Å². The molecule has 4 rings (SSSR count). The lowest BCUT2D eigenvalue weighted by atomic mass is 10.1. The number of hydrogen-bond acceptors (Lipinski definition) is 7. The van der Waals surface area contributed by atoms with Gasteiger partial charge in [0.1, 0.15) is 17.6 Å². The number of anilines is 2. The number of ether oxygens (including phenoxy) is 3. The fourth-order valence-electron chi connectivity index (χ4n) is 3.35. The maximum Gasteiger partial charge on any atom is 0.414 e. The van der Waals surface area contributed by atoms with E-state index in [4.69, 9.17) is 19.9 Å². The first-order valence-corrected chi connectivity index (χ1v) is 10.6. The van der Waals surface area contributed by atoms with Crippen LogP contribution >= 0.6 is 0 Å².